The van der Waals surface area contributed by atoms with Crippen LogP contribution in [0.15, 0.2) is 30.5 Å². The van der Waals surface area contributed by atoms with Gasteiger partial charge in [0.25, 0.3) is 0 Å². The van der Waals surface area contributed by atoms with Gasteiger partial charge in [0.1, 0.15) is 5.82 Å². The number of hydrogen-bond acceptors (Lipinski definition) is 4. The Labute approximate surface area is 166 Å². The third-order valence-corrected chi connectivity index (χ3v) is 5.46. The van der Waals surface area contributed by atoms with Crippen molar-refractivity contribution in [2.24, 2.45) is 0 Å². The van der Waals surface area contributed by atoms with Crippen molar-refractivity contribution >= 4 is 17.8 Å². The first-order valence-electron chi connectivity index (χ1n) is 10.0. The fraction of sp³-hybridized carbons (Fsp3) is 0.455. The molecule has 0 unspecified atom stereocenters. The Bertz CT molecular complexity index is 859. The summed E-state index contributed by atoms with van der Waals surface area (Å²) < 4.78 is 7.76. The number of pyridine rings is 1. The lowest BCUT2D eigenvalue weighted by Gasteiger charge is -2.27. The Balaban J connectivity index is 1.30. The molecule has 1 saturated carbocycles. The highest BCUT2D eigenvalue weighted by molar-refractivity contribution is 5.91. The Morgan fingerprint density at radius 1 is 1.29 bits per heavy atom. The number of carbonyl (C=O) groups is 1. The van der Waals surface area contributed by atoms with Crippen molar-refractivity contribution in [1.82, 2.24) is 14.9 Å². The number of amides is 1. The van der Waals surface area contributed by atoms with Crippen LogP contribution in [-0.4, -0.2) is 41.8 Å². The second-order valence-corrected chi connectivity index (χ2v) is 7.60. The van der Waals surface area contributed by atoms with Gasteiger partial charge >= 0.3 is 0 Å². The summed E-state index contributed by atoms with van der Waals surface area (Å²) in [6.07, 6.45) is 7.89. The van der Waals surface area contributed by atoms with Crippen molar-refractivity contribution < 1.29 is 9.53 Å². The topological polar surface area (TPSA) is 59.4 Å². The smallest absolute Gasteiger partial charge is 0.244 e. The van der Waals surface area contributed by atoms with Gasteiger partial charge in [0.2, 0.25) is 5.91 Å². The lowest BCUT2D eigenvalue weighted by Crippen LogP contribution is -2.36. The minimum atomic E-state index is -0.0894. The number of hydrogen-bond donors (Lipinski definition) is 1. The number of nitrogens with zero attached hydrogens (tertiary/aromatic N) is 3. The zero-order valence-corrected chi connectivity index (χ0v) is 16.6. The van der Waals surface area contributed by atoms with Crippen LogP contribution in [0.4, 0.5) is 5.82 Å². The molecule has 1 aliphatic heterocycles. The quantitative estimate of drug-likeness (QED) is 0.783. The zero-order valence-electron chi connectivity index (χ0n) is 16.6. The van der Waals surface area contributed by atoms with Crippen LogP contribution < -0.4 is 10.2 Å². The summed E-state index contributed by atoms with van der Waals surface area (Å²) in [4.78, 5) is 18.9. The first-order chi connectivity index (χ1) is 13.6. The van der Waals surface area contributed by atoms with Crippen LogP contribution in [0.2, 0.25) is 0 Å². The molecule has 1 amide bonds. The van der Waals surface area contributed by atoms with Crippen LogP contribution in [-0.2, 0) is 16.1 Å². The van der Waals surface area contributed by atoms with Crippen LogP contribution in [0, 0.1) is 13.8 Å². The summed E-state index contributed by atoms with van der Waals surface area (Å²) in [5, 5.41) is 2.94. The molecule has 1 saturated heterocycles. The molecular formula is C22H28N4O2. The molecule has 6 heteroatoms. The number of nitrogens with one attached hydrogen (secondary N) is 1. The molecule has 0 atom stereocenters. The fourth-order valence-electron chi connectivity index (χ4n) is 3.78. The second kappa shape index (κ2) is 8.19. The van der Waals surface area contributed by atoms with E-state index in [2.05, 4.69) is 39.7 Å². The molecular weight excluding hydrogens is 352 g/mol. The average Bonchev–Trinajstić information content (AvgIpc) is 3.51. The lowest BCUT2D eigenvalue weighted by molar-refractivity contribution is -0.116. The van der Waals surface area contributed by atoms with E-state index >= 15 is 0 Å². The number of aryl methyl sites for hydroxylation is 1. The van der Waals surface area contributed by atoms with E-state index in [1.807, 2.05) is 24.4 Å². The van der Waals surface area contributed by atoms with Crippen molar-refractivity contribution in [1.29, 1.82) is 0 Å². The molecule has 1 N–H and O–H groups in total. The van der Waals surface area contributed by atoms with Crippen LogP contribution in [0.25, 0.3) is 6.08 Å². The predicted molar refractivity (Wildman–Crippen MR) is 110 cm³/mol. The molecule has 0 spiro atoms. The number of carbonyl (C=O) groups excluding carboxylic acids is 1. The van der Waals surface area contributed by atoms with E-state index in [9.17, 15) is 4.79 Å². The fourth-order valence-corrected chi connectivity index (χ4v) is 3.78. The Kier molecular flexibility index (Phi) is 5.48. The lowest BCUT2D eigenvalue weighted by atomic mass is 10.2. The molecule has 148 valence electrons. The van der Waals surface area contributed by atoms with E-state index in [0.29, 0.717) is 12.6 Å². The normalized spacial score (nSPS) is 17.3. The molecule has 1 aliphatic carbocycles. The molecule has 2 aromatic heterocycles. The van der Waals surface area contributed by atoms with Gasteiger partial charge in [-0.1, -0.05) is 6.07 Å². The standard InChI is InChI=1S/C22H28N4O2/c1-16-13-19(17(2)26(16)20-5-6-20)4-8-22(27)24-15-18-3-7-21(23-14-18)25-9-11-28-12-10-25/h3-4,7-8,13-14,20H,5-6,9-12,15H2,1-2H3,(H,24,27). The first-order valence-corrected chi connectivity index (χ1v) is 10.0. The number of rotatable bonds is 6. The Morgan fingerprint density at radius 3 is 2.75 bits per heavy atom. The minimum absolute atomic E-state index is 0.0894. The van der Waals surface area contributed by atoms with Crippen LogP contribution in [0.3, 0.4) is 0 Å². The molecule has 28 heavy (non-hydrogen) atoms. The SMILES string of the molecule is Cc1cc(C=CC(=O)NCc2ccc(N3CCOCC3)nc2)c(C)n1C1CC1. The Hall–Kier alpha value is -2.60. The monoisotopic (exact) mass is 380 g/mol. The zero-order chi connectivity index (χ0) is 19.5. The van der Waals surface area contributed by atoms with Crippen molar-refractivity contribution in [3.8, 4) is 0 Å². The van der Waals surface area contributed by atoms with E-state index < -0.39 is 0 Å². The molecule has 2 fully saturated rings. The van der Waals surface area contributed by atoms with Gasteiger partial charge in [0.15, 0.2) is 0 Å². The largest absolute Gasteiger partial charge is 0.378 e. The summed E-state index contributed by atoms with van der Waals surface area (Å²) in [6, 6.07) is 6.84. The molecule has 3 heterocycles. The Morgan fingerprint density at radius 2 is 2.07 bits per heavy atom. The highest BCUT2D eigenvalue weighted by Crippen LogP contribution is 2.38. The van der Waals surface area contributed by atoms with Gasteiger partial charge in [-0.05, 0) is 56.0 Å². The van der Waals surface area contributed by atoms with Crippen molar-refractivity contribution in [2.45, 2.75) is 39.3 Å². The molecule has 2 aliphatic rings. The summed E-state index contributed by atoms with van der Waals surface area (Å²) in [5.41, 5.74) is 4.63. The highest BCUT2D eigenvalue weighted by atomic mass is 16.5. The summed E-state index contributed by atoms with van der Waals surface area (Å²) in [6.45, 7) is 7.97. The van der Waals surface area contributed by atoms with E-state index in [4.69, 9.17) is 4.74 Å². The maximum atomic E-state index is 12.2. The third kappa shape index (κ3) is 4.28. The van der Waals surface area contributed by atoms with E-state index in [0.717, 1.165) is 43.2 Å². The van der Waals surface area contributed by atoms with Gasteiger partial charge in [0, 0.05) is 49.3 Å². The summed E-state index contributed by atoms with van der Waals surface area (Å²) in [7, 11) is 0. The van der Waals surface area contributed by atoms with E-state index in [1.165, 1.54) is 24.2 Å². The van der Waals surface area contributed by atoms with Crippen molar-refractivity contribution in [2.75, 3.05) is 31.2 Å². The maximum absolute atomic E-state index is 12.2. The summed E-state index contributed by atoms with van der Waals surface area (Å²) >= 11 is 0. The van der Waals surface area contributed by atoms with Crippen LogP contribution in [0.5, 0.6) is 0 Å². The first kappa shape index (κ1) is 18.7. The number of aromatic nitrogens is 2. The summed E-state index contributed by atoms with van der Waals surface area (Å²) in [5.74, 6) is 0.873. The van der Waals surface area contributed by atoms with Crippen LogP contribution >= 0.6 is 0 Å². The third-order valence-electron chi connectivity index (χ3n) is 5.46. The molecule has 6 nitrogen and oxygen atoms in total. The molecule has 0 radical (unpaired) electrons. The van der Waals surface area contributed by atoms with Gasteiger partial charge in [-0.15, -0.1) is 0 Å². The minimum Gasteiger partial charge on any atom is -0.378 e. The molecule has 0 bridgehead atoms. The predicted octanol–water partition coefficient (Wildman–Crippen LogP) is 3.00. The molecule has 2 aromatic rings. The maximum Gasteiger partial charge on any atom is 0.244 e. The van der Waals surface area contributed by atoms with Gasteiger partial charge in [-0.3, -0.25) is 4.79 Å². The highest BCUT2D eigenvalue weighted by Gasteiger charge is 2.26. The van der Waals surface area contributed by atoms with Crippen LogP contribution in [0.1, 0.15) is 41.4 Å². The molecule has 4 rings (SSSR count). The van der Waals surface area contributed by atoms with Gasteiger partial charge in [-0.25, -0.2) is 4.98 Å². The number of anilines is 1. The number of ether oxygens (including phenoxy) is 1. The second-order valence-electron chi connectivity index (χ2n) is 7.60. The van der Waals surface area contributed by atoms with Gasteiger partial charge in [-0.2, -0.15) is 0 Å². The van der Waals surface area contributed by atoms with E-state index in [-0.39, 0.29) is 5.91 Å². The van der Waals surface area contributed by atoms with E-state index in [1.54, 1.807) is 6.08 Å². The molecule has 0 aromatic carbocycles. The van der Waals surface area contributed by atoms with Gasteiger partial charge in [0.05, 0.1) is 13.2 Å². The van der Waals surface area contributed by atoms with Gasteiger partial charge < -0.3 is 19.5 Å². The van der Waals surface area contributed by atoms with Crippen molar-refractivity contribution in [3.63, 3.8) is 0 Å². The number of morpholine rings is 1. The van der Waals surface area contributed by atoms with Crippen molar-refractivity contribution in [3.05, 3.63) is 53.0 Å². The average molecular weight is 380 g/mol.